The van der Waals surface area contributed by atoms with E-state index in [9.17, 15) is 0 Å². The molecule has 1 rings (SSSR count). The van der Waals surface area contributed by atoms with Crippen LogP contribution in [0.5, 0.6) is 5.75 Å². The van der Waals surface area contributed by atoms with Crippen LogP contribution in [0.4, 0.5) is 0 Å². The Kier molecular flexibility index (Phi) is 6.99. The van der Waals surface area contributed by atoms with Crippen LogP contribution in [0.2, 0.25) is 0 Å². The lowest BCUT2D eigenvalue weighted by Gasteiger charge is -2.18. The van der Waals surface area contributed by atoms with E-state index in [0.29, 0.717) is 12.3 Å². The molecule has 0 aromatic heterocycles. The van der Waals surface area contributed by atoms with Gasteiger partial charge in [-0.05, 0) is 45.1 Å². The third-order valence-corrected chi connectivity index (χ3v) is 3.32. The molecule has 0 aliphatic carbocycles. The van der Waals surface area contributed by atoms with Crippen molar-refractivity contribution in [2.24, 2.45) is 0 Å². The van der Waals surface area contributed by atoms with Gasteiger partial charge in [0.2, 0.25) is 0 Å². The minimum atomic E-state index is -0.189. The number of rotatable bonds is 8. The van der Waals surface area contributed by atoms with Crippen molar-refractivity contribution in [3.63, 3.8) is 0 Å². The lowest BCUT2D eigenvalue weighted by Crippen LogP contribution is -2.16. The first-order chi connectivity index (χ1) is 9.45. The Labute approximate surface area is 121 Å². The first-order valence-corrected chi connectivity index (χ1v) is 7.18. The van der Waals surface area contributed by atoms with Gasteiger partial charge in [-0.1, -0.05) is 32.0 Å². The number of hydrogen-bond acceptors (Lipinski definition) is 4. The van der Waals surface area contributed by atoms with Crippen molar-refractivity contribution in [1.29, 1.82) is 0 Å². The van der Waals surface area contributed by atoms with E-state index < -0.39 is 0 Å². The van der Waals surface area contributed by atoms with Gasteiger partial charge in [0.1, 0.15) is 6.10 Å². The second kappa shape index (κ2) is 8.25. The zero-order valence-electron chi connectivity index (χ0n) is 13.1. The van der Waals surface area contributed by atoms with Gasteiger partial charge in [0.15, 0.2) is 5.75 Å². The van der Waals surface area contributed by atoms with Crippen molar-refractivity contribution < 1.29 is 19.9 Å². The van der Waals surface area contributed by atoms with Gasteiger partial charge in [-0.15, -0.1) is 0 Å². The van der Waals surface area contributed by atoms with Crippen molar-refractivity contribution in [2.45, 2.75) is 65.6 Å². The van der Waals surface area contributed by atoms with Crippen LogP contribution in [-0.4, -0.2) is 17.5 Å². The average Bonchev–Trinajstić information content (AvgIpc) is 2.42. The lowest BCUT2D eigenvalue weighted by molar-refractivity contribution is -0.280. The van der Waals surface area contributed by atoms with E-state index >= 15 is 0 Å². The fourth-order valence-electron chi connectivity index (χ4n) is 1.94. The van der Waals surface area contributed by atoms with Crippen molar-refractivity contribution >= 4 is 0 Å². The molecule has 0 fully saturated rings. The molecule has 0 amide bonds. The van der Waals surface area contributed by atoms with Gasteiger partial charge < -0.3 is 4.89 Å². The normalized spacial score (nSPS) is 14.3. The molecular formula is C16H26O4. The van der Waals surface area contributed by atoms with E-state index in [4.69, 9.17) is 15.0 Å². The summed E-state index contributed by atoms with van der Waals surface area (Å²) in [4.78, 5) is 15.2. The molecule has 2 atom stereocenters. The highest BCUT2D eigenvalue weighted by atomic mass is 17.2. The molecule has 2 unspecified atom stereocenters. The number of hydrogen-bond donors (Lipinski definition) is 1. The fourth-order valence-corrected chi connectivity index (χ4v) is 1.94. The second-order valence-electron chi connectivity index (χ2n) is 5.63. The molecule has 1 aromatic rings. The Morgan fingerprint density at radius 2 is 1.70 bits per heavy atom. The standard InChI is InChI=1S/C16H26O4/c1-11(2)15-8-6-7-12(3)16(15)20-19-14(5)10-9-13(4)18-17/h6-8,11,13-14,17H,9-10H2,1-5H3. The summed E-state index contributed by atoms with van der Waals surface area (Å²) < 4.78 is 0. The van der Waals surface area contributed by atoms with Gasteiger partial charge in [0.05, 0.1) is 6.10 Å². The topological polar surface area (TPSA) is 47.9 Å². The van der Waals surface area contributed by atoms with Crippen molar-refractivity contribution in [2.75, 3.05) is 0 Å². The first kappa shape index (κ1) is 17.0. The zero-order valence-corrected chi connectivity index (χ0v) is 13.1. The third kappa shape index (κ3) is 5.12. The third-order valence-electron chi connectivity index (χ3n) is 3.32. The van der Waals surface area contributed by atoms with Gasteiger partial charge in [0, 0.05) is 5.56 Å². The highest BCUT2D eigenvalue weighted by Crippen LogP contribution is 2.30. The molecule has 4 nitrogen and oxygen atoms in total. The summed E-state index contributed by atoms with van der Waals surface area (Å²) in [6.07, 6.45) is 1.22. The molecule has 0 aliphatic heterocycles. The van der Waals surface area contributed by atoms with E-state index in [2.05, 4.69) is 24.8 Å². The Hall–Kier alpha value is -1.10. The van der Waals surface area contributed by atoms with Crippen LogP contribution in [0.1, 0.15) is 57.6 Å². The van der Waals surface area contributed by atoms with E-state index in [1.54, 1.807) is 0 Å². The molecule has 0 aliphatic rings. The van der Waals surface area contributed by atoms with Gasteiger partial charge in [-0.25, -0.2) is 4.89 Å². The molecule has 0 heterocycles. The van der Waals surface area contributed by atoms with Gasteiger partial charge in [-0.2, -0.15) is 4.89 Å². The van der Waals surface area contributed by atoms with E-state index in [-0.39, 0.29) is 12.2 Å². The highest BCUT2D eigenvalue weighted by Gasteiger charge is 2.14. The Morgan fingerprint density at radius 1 is 1.05 bits per heavy atom. The molecule has 1 N–H and O–H groups in total. The van der Waals surface area contributed by atoms with Gasteiger partial charge >= 0.3 is 0 Å². The zero-order chi connectivity index (χ0) is 15.1. The Morgan fingerprint density at radius 3 is 2.30 bits per heavy atom. The van der Waals surface area contributed by atoms with Crippen molar-refractivity contribution in [1.82, 2.24) is 0 Å². The molecule has 114 valence electrons. The first-order valence-electron chi connectivity index (χ1n) is 7.18. The molecule has 4 heteroatoms. The average molecular weight is 282 g/mol. The largest absolute Gasteiger partial charge is 0.337 e. The van der Waals surface area contributed by atoms with Crippen LogP contribution in [0.25, 0.3) is 0 Å². The molecule has 1 aromatic carbocycles. The molecule has 0 radical (unpaired) electrons. The summed E-state index contributed by atoms with van der Waals surface area (Å²) in [6, 6.07) is 6.10. The molecule has 20 heavy (non-hydrogen) atoms. The number of benzene rings is 1. The maximum atomic E-state index is 8.52. The van der Waals surface area contributed by atoms with Crippen molar-refractivity contribution in [3.05, 3.63) is 29.3 Å². The highest BCUT2D eigenvalue weighted by molar-refractivity contribution is 5.42. The minimum absolute atomic E-state index is 0.0628. The van der Waals surface area contributed by atoms with Crippen molar-refractivity contribution in [3.8, 4) is 5.75 Å². The predicted molar refractivity (Wildman–Crippen MR) is 78.9 cm³/mol. The number of para-hydroxylation sites is 1. The van der Waals surface area contributed by atoms with Crippen LogP contribution in [-0.2, 0) is 9.78 Å². The predicted octanol–water partition coefficient (Wildman–Crippen LogP) is 4.48. The molecule has 0 bridgehead atoms. The lowest BCUT2D eigenvalue weighted by atomic mass is 10.00. The Bertz CT molecular complexity index is 403. The molecule has 0 spiro atoms. The van der Waals surface area contributed by atoms with Crippen LogP contribution in [0.3, 0.4) is 0 Å². The van der Waals surface area contributed by atoms with E-state index in [0.717, 1.165) is 23.3 Å². The number of aryl methyl sites for hydroxylation is 1. The summed E-state index contributed by atoms with van der Waals surface area (Å²) in [5.41, 5.74) is 2.21. The smallest absolute Gasteiger partial charge is 0.171 e. The summed E-state index contributed by atoms with van der Waals surface area (Å²) in [6.45, 7) is 10.0. The quantitative estimate of drug-likeness (QED) is 0.564. The summed E-state index contributed by atoms with van der Waals surface area (Å²) in [5.74, 6) is 1.19. The fraction of sp³-hybridized carbons (Fsp3) is 0.625. The van der Waals surface area contributed by atoms with Gasteiger partial charge in [-0.3, -0.25) is 5.26 Å². The van der Waals surface area contributed by atoms with Crippen LogP contribution < -0.4 is 4.89 Å². The van der Waals surface area contributed by atoms with E-state index in [1.807, 2.05) is 32.9 Å². The van der Waals surface area contributed by atoms with Crippen LogP contribution >= 0.6 is 0 Å². The van der Waals surface area contributed by atoms with Gasteiger partial charge in [0.25, 0.3) is 0 Å². The summed E-state index contributed by atoms with van der Waals surface area (Å²) in [5, 5.41) is 8.52. The summed E-state index contributed by atoms with van der Waals surface area (Å²) >= 11 is 0. The summed E-state index contributed by atoms with van der Waals surface area (Å²) in [7, 11) is 0. The monoisotopic (exact) mass is 282 g/mol. The second-order valence-corrected chi connectivity index (χ2v) is 5.63. The molecular weight excluding hydrogens is 256 g/mol. The van der Waals surface area contributed by atoms with Crippen LogP contribution in [0.15, 0.2) is 18.2 Å². The maximum absolute atomic E-state index is 8.52. The molecule has 0 saturated heterocycles. The van der Waals surface area contributed by atoms with Crippen LogP contribution in [0, 0.1) is 6.92 Å². The minimum Gasteiger partial charge on any atom is -0.337 e. The SMILES string of the molecule is Cc1cccc(C(C)C)c1OOC(C)CCC(C)OO. The maximum Gasteiger partial charge on any atom is 0.171 e. The van der Waals surface area contributed by atoms with E-state index in [1.165, 1.54) is 0 Å². The molecule has 0 saturated carbocycles. The Balaban J connectivity index is 2.57.